The zero-order chi connectivity index (χ0) is 12.3. The Hall–Kier alpha value is -2.11. The van der Waals surface area contributed by atoms with E-state index in [1.165, 1.54) is 0 Å². The van der Waals surface area contributed by atoms with Crippen LogP contribution in [0.4, 0.5) is 11.6 Å². The summed E-state index contributed by atoms with van der Waals surface area (Å²) >= 11 is 0. The lowest BCUT2D eigenvalue weighted by molar-refractivity contribution is 0.768. The molecule has 3 N–H and O–H groups in total. The summed E-state index contributed by atoms with van der Waals surface area (Å²) in [4.78, 5) is 4.25. The van der Waals surface area contributed by atoms with Crippen LogP contribution >= 0.6 is 0 Å². The number of nitrogen functional groups attached to an aromatic ring is 1. The van der Waals surface area contributed by atoms with Crippen molar-refractivity contribution in [2.24, 2.45) is 0 Å². The fourth-order valence-corrected chi connectivity index (χ4v) is 1.67. The summed E-state index contributed by atoms with van der Waals surface area (Å²) < 4.78 is 1.96. The van der Waals surface area contributed by atoms with E-state index in [0.29, 0.717) is 17.2 Å². The highest BCUT2D eigenvalue weighted by molar-refractivity contribution is 5.67. The molecule has 2 rings (SSSR count). The van der Waals surface area contributed by atoms with Gasteiger partial charge in [0.2, 0.25) is 5.95 Å². The first-order chi connectivity index (χ1) is 8.27. The van der Waals surface area contributed by atoms with Crippen molar-refractivity contribution in [3.05, 3.63) is 18.3 Å². The molecule has 0 aliphatic carbocycles. The van der Waals surface area contributed by atoms with E-state index in [1.807, 2.05) is 24.5 Å². The molecular formula is C11H16N6. The number of aromatic nitrogens is 4. The van der Waals surface area contributed by atoms with Gasteiger partial charge in [0.1, 0.15) is 5.69 Å². The van der Waals surface area contributed by atoms with E-state index in [4.69, 9.17) is 5.73 Å². The Labute approximate surface area is 99.9 Å². The maximum absolute atomic E-state index is 5.90. The monoisotopic (exact) mass is 232 g/mol. The summed E-state index contributed by atoms with van der Waals surface area (Å²) in [5.74, 6) is 1.44. The molecule has 2 heterocycles. The Morgan fingerprint density at radius 1 is 1.35 bits per heavy atom. The minimum Gasteiger partial charge on any atom is -0.397 e. The van der Waals surface area contributed by atoms with Crippen LogP contribution in [-0.2, 0) is 6.54 Å². The number of hydrogen-bond acceptors (Lipinski definition) is 5. The van der Waals surface area contributed by atoms with Gasteiger partial charge in [0.25, 0.3) is 0 Å². The van der Waals surface area contributed by atoms with Crippen LogP contribution in [0.1, 0.15) is 13.8 Å². The highest BCUT2D eigenvalue weighted by Gasteiger charge is 2.14. The molecule has 6 nitrogen and oxygen atoms in total. The lowest BCUT2D eigenvalue weighted by Gasteiger charge is -2.08. The maximum Gasteiger partial charge on any atom is 0.224 e. The quantitative estimate of drug-likeness (QED) is 0.832. The molecule has 2 aromatic heterocycles. The van der Waals surface area contributed by atoms with E-state index in [9.17, 15) is 0 Å². The van der Waals surface area contributed by atoms with Gasteiger partial charge in [0, 0.05) is 19.3 Å². The Kier molecular flexibility index (Phi) is 3.22. The van der Waals surface area contributed by atoms with Crippen LogP contribution in [0.25, 0.3) is 11.5 Å². The van der Waals surface area contributed by atoms with E-state index < -0.39 is 0 Å². The normalized spacial score (nSPS) is 10.5. The molecular weight excluding hydrogens is 216 g/mol. The molecule has 0 aromatic carbocycles. The third-order valence-corrected chi connectivity index (χ3v) is 2.45. The molecule has 6 heteroatoms. The third kappa shape index (κ3) is 2.06. The molecule has 90 valence electrons. The van der Waals surface area contributed by atoms with E-state index in [-0.39, 0.29) is 0 Å². The van der Waals surface area contributed by atoms with Crippen molar-refractivity contribution in [1.29, 1.82) is 0 Å². The lowest BCUT2D eigenvalue weighted by Crippen LogP contribution is -2.07. The minimum atomic E-state index is 0.609. The van der Waals surface area contributed by atoms with Crippen molar-refractivity contribution in [1.82, 2.24) is 19.7 Å². The summed E-state index contributed by atoms with van der Waals surface area (Å²) in [5.41, 5.74) is 7.18. The number of rotatable bonds is 4. The van der Waals surface area contributed by atoms with Crippen molar-refractivity contribution in [2.75, 3.05) is 17.6 Å². The number of anilines is 2. The van der Waals surface area contributed by atoms with Gasteiger partial charge in [0.05, 0.1) is 5.69 Å². The van der Waals surface area contributed by atoms with Crippen LogP contribution in [0.2, 0.25) is 0 Å². The highest BCUT2D eigenvalue weighted by Crippen LogP contribution is 2.23. The van der Waals surface area contributed by atoms with Gasteiger partial charge in [-0.1, -0.05) is 0 Å². The summed E-state index contributed by atoms with van der Waals surface area (Å²) in [6, 6.07) is 3.61. The summed E-state index contributed by atoms with van der Waals surface area (Å²) in [5, 5.41) is 11.4. The number of nitrogens with zero attached hydrogens (tertiary/aromatic N) is 4. The Morgan fingerprint density at radius 3 is 2.82 bits per heavy atom. The second kappa shape index (κ2) is 4.82. The van der Waals surface area contributed by atoms with E-state index in [2.05, 4.69) is 20.5 Å². The SMILES string of the molecule is CCNc1nnc(-c2ncccc2N)n1CC. The van der Waals surface area contributed by atoms with Crippen LogP contribution in [0.5, 0.6) is 0 Å². The van der Waals surface area contributed by atoms with Crippen molar-refractivity contribution in [2.45, 2.75) is 20.4 Å². The predicted octanol–water partition coefficient (Wildman–Crippen LogP) is 1.37. The second-order valence-corrected chi connectivity index (χ2v) is 3.56. The summed E-state index contributed by atoms with van der Waals surface area (Å²) in [6.45, 7) is 5.62. The van der Waals surface area contributed by atoms with Gasteiger partial charge in [-0.3, -0.25) is 9.55 Å². The Balaban J connectivity index is 2.49. The van der Waals surface area contributed by atoms with Crippen LogP contribution < -0.4 is 11.1 Å². The minimum absolute atomic E-state index is 0.609. The van der Waals surface area contributed by atoms with Gasteiger partial charge in [-0.25, -0.2) is 0 Å². The molecule has 0 saturated heterocycles. The van der Waals surface area contributed by atoms with Crippen molar-refractivity contribution in [3.63, 3.8) is 0 Å². The van der Waals surface area contributed by atoms with E-state index in [1.54, 1.807) is 12.3 Å². The van der Waals surface area contributed by atoms with Crippen LogP contribution in [-0.4, -0.2) is 26.3 Å². The molecule has 0 atom stereocenters. The van der Waals surface area contributed by atoms with Gasteiger partial charge in [0.15, 0.2) is 5.82 Å². The molecule has 0 bridgehead atoms. The number of nitrogens with two attached hydrogens (primary N) is 1. The highest BCUT2D eigenvalue weighted by atomic mass is 15.4. The molecule has 17 heavy (non-hydrogen) atoms. The molecule has 0 fully saturated rings. The fourth-order valence-electron chi connectivity index (χ4n) is 1.67. The summed E-state index contributed by atoms with van der Waals surface area (Å²) in [6.07, 6.45) is 1.70. The molecule has 0 aliphatic rings. The van der Waals surface area contributed by atoms with Gasteiger partial charge in [-0.15, -0.1) is 10.2 Å². The van der Waals surface area contributed by atoms with Crippen LogP contribution in [0, 0.1) is 0 Å². The molecule has 0 saturated carbocycles. The standard InChI is InChI=1S/C11H16N6/c1-3-13-11-16-15-10(17(11)4-2)9-8(12)6-5-7-14-9/h5-7H,3-4,12H2,1-2H3,(H,13,16). The maximum atomic E-state index is 5.90. The number of nitrogens with one attached hydrogen (secondary N) is 1. The van der Waals surface area contributed by atoms with Gasteiger partial charge in [-0.2, -0.15) is 0 Å². The first-order valence-electron chi connectivity index (χ1n) is 5.65. The van der Waals surface area contributed by atoms with Crippen molar-refractivity contribution >= 4 is 11.6 Å². The van der Waals surface area contributed by atoms with Crippen molar-refractivity contribution < 1.29 is 0 Å². The number of hydrogen-bond donors (Lipinski definition) is 2. The number of pyridine rings is 1. The third-order valence-electron chi connectivity index (χ3n) is 2.45. The Bertz CT molecular complexity index is 504. The fraction of sp³-hybridized carbons (Fsp3) is 0.364. The first kappa shape index (κ1) is 11.4. The molecule has 0 spiro atoms. The first-order valence-corrected chi connectivity index (χ1v) is 5.65. The van der Waals surface area contributed by atoms with Crippen LogP contribution in [0.3, 0.4) is 0 Å². The van der Waals surface area contributed by atoms with Gasteiger partial charge >= 0.3 is 0 Å². The topological polar surface area (TPSA) is 81.7 Å². The van der Waals surface area contributed by atoms with Crippen molar-refractivity contribution in [3.8, 4) is 11.5 Å². The lowest BCUT2D eigenvalue weighted by atomic mass is 10.3. The zero-order valence-electron chi connectivity index (χ0n) is 10.0. The second-order valence-electron chi connectivity index (χ2n) is 3.56. The van der Waals surface area contributed by atoms with Gasteiger partial charge < -0.3 is 11.1 Å². The Morgan fingerprint density at radius 2 is 2.18 bits per heavy atom. The molecule has 0 aliphatic heterocycles. The van der Waals surface area contributed by atoms with E-state index in [0.717, 1.165) is 19.0 Å². The predicted molar refractivity (Wildman–Crippen MR) is 67.5 cm³/mol. The summed E-state index contributed by atoms with van der Waals surface area (Å²) in [7, 11) is 0. The molecule has 2 aromatic rings. The van der Waals surface area contributed by atoms with E-state index >= 15 is 0 Å². The van der Waals surface area contributed by atoms with Crippen LogP contribution in [0.15, 0.2) is 18.3 Å². The average molecular weight is 232 g/mol. The molecule has 0 radical (unpaired) electrons. The van der Waals surface area contributed by atoms with Gasteiger partial charge in [-0.05, 0) is 26.0 Å². The molecule has 0 unspecified atom stereocenters. The average Bonchev–Trinajstić information content (AvgIpc) is 2.73. The molecule has 0 amide bonds. The zero-order valence-corrected chi connectivity index (χ0v) is 10.0. The smallest absolute Gasteiger partial charge is 0.224 e. The largest absolute Gasteiger partial charge is 0.397 e.